The molecule has 0 spiro atoms. The number of likely N-dealkylation sites (tertiary alicyclic amines) is 1. The molecule has 92 valence electrons. The van der Waals surface area contributed by atoms with E-state index >= 15 is 0 Å². The highest BCUT2D eigenvalue weighted by Gasteiger charge is 2.23. The summed E-state index contributed by atoms with van der Waals surface area (Å²) in [6.07, 6.45) is 3.17. The van der Waals surface area contributed by atoms with E-state index in [-0.39, 0.29) is 5.91 Å². The van der Waals surface area contributed by atoms with Crippen molar-refractivity contribution < 1.29 is 4.79 Å². The first kappa shape index (κ1) is 12.6. The lowest BCUT2D eigenvalue weighted by Crippen LogP contribution is -2.40. The Morgan fingerprint density at radius 2 is 2.24 bits per heavy atom. The lowest BCUT2D eigenvalue weighted by atomic mass is 10.0. The summed E-state index contributed by atoms with van der Waals surface area (Å²) in [5.74, 6) is 0.187. The highest BCUT2D eigenvalue weighted by molar-refractivity contribution is 9.09. The number of piperidine rings is 1. The van der Waals surface area contributed by atoms with Crippen LogP contribution in [-0.2, 0) is 6.42 Å². The van der Waals surface area contributed by atoms with Crippen molar-refractivity contribution in [2.45, 2.75) is 31.0 Å². The van der Waals surface area contributed by atoms with Crippen molar-refractivity contribution in [2.75, 3.05) is 13.1 Å². The molecule has 0 N–H and O–H groups in total. The van der Waals surface area contributed by atoms with Crippen LogP contribution in [0.5, 0.6) is 0 Å². The van der Waals surface area contributed by atoms with Gasteiger partial charge in [-0.3, -0.25) is 4.79 Å². The Kier molecular flexibility index (Phi) is 4.21. The smallest absolute Gasteiger partial charge is 0.254 e. The van der Waals surface area contributed by atoms with Crippen LogP contribution in [0.4, 0.5) is 0 Å². The molecule has 1 amide bonds. The van der Waals surface area contributed by atoms with E-state index in [9.17, 15) is 4.79 Å². The molecule has 2 nitrogen and oxygen atoms in total. The summed E-state index contributed by atoms with van der Waals surface area (Å²) in [5, 5.41) is 0. The number of benzene rings is 1. The highest BCUT2D eigenvalue weighted by atomic mass is 79.9. The van der Waals surface area contributed by atoms with Gasteiger partial charge in [-0.05, 0) is 30.9 Å². The van der Waals surface area contributed by atoms with Crippen LogP contribution in [0.1, 0.15) is 35.7 Å². The number of rotatable bonds is 2. The third-order valence-electron chi connectivity index (χ3n) is 3.28. The summed E-state index contributed by atoms with van der Waals surface area (Å²) in [7, 11) is 0. The molecular formula is C14H18BrNO. The molecule has 1 fully saturated rings. The third kappa shape index (κ3) is 2.89. The Balaban J connectivity index is 2.18. The van der Waals surface area contributed by atoms with Crippen LogP contribution in [0.3, 0.4) is 0 Å². The number of amides is 1. The zero-order valence-corrected chi connectivity index (χ0v) is 11.7. The molecule has 17 heavy (non-hydrogen) atoms. The third-order valence-corrected chi connectivity index (χ3v) is 4.03. The van der Waals surface area contributed by atoms with Crippen molar-refractivity contribution in [3.8, 4) is 0 Å². The number of nitrogens with zero attached hydrogens (tertiary/aromatic N) is 1. The Hall–Kier alpha value is -0.830. The van der Waals surface area contributed by atoms with Crippen LogP contribution >= 0.6 is 15.9 Å². The van der Waals surface area contributed by atoms with Crippen LogP contribution in [0.15, 0.2) is 24.3 Å². The van der Waals surface area contributed by atoms with Gasteiger partial charge in [0.2, 0.25) is 0 Å². The Labute approximate surface area is 111 Å². The Morgan fingerprint density at radius 3 is 2.94 bits per heavy atom. The second-order valence-electron chi connectivity index (χ2n) is 4.50. The van der Waals surface area contributed by atoms with Gasteiger partial charge in [0.05, 0.1) is 0 Å². The monoisotopic (exact) mass is 295 g/mol. The summed E-state index contributed by atoms with van der Waals surface area (Å²) in [6, 6.07) is 7.93. The molecule has 1 heterocycles. The zero-order chi connectivity index (χ0) is 12.3. The molecule has 0 aliphatic carbocycles. The molecule has 0 radical (unpaired) electrons. The van der Waals surface area contributed by atoms with Gasteiger partial charge in [0.1, 0.15) is 0 Å². The first-order chi connectivity index (χ1) is 8.22. The summed E-state index contributed by atoms with van der Waals surface area (Å²) >= 11 is 3.61. The first-order valence-electron chi connectivity index (χ1n) is 6.23. The van der Waals surface area contributed by atoms with Crippen LogP contribution in [0.25, 0.3) is 0 Å². The molecule has 1 aliphatic heterocycles. The molecule has 1 aromatic carbocycles. The number of hydrogen-bond donors (Lipinski definition) is 0. The van der Waals surface area contributed by atoms with Crippen LogP contribution in [-0.4, -0.2) is 28.7 Å². The number of carbonyl (C=O) groups is 1. The molecule has 1 unspecified atom stereocenters. The maximum atomic E-state index is 12.4. The zero-order valence-electron chi connectivity index (χ0n) is 10.2. The molecule has 0 aromatic heterocycles. The number of hydrogen-bond acceptors (Lipinski definition) is 1. The Bertz CT molecular complexity index is 405. The van der Waals surface area contributed by atoms with Gasteiger partial charge in [-0.15, -0.1) is 0 Å². The molecule has 0 bridgehead atoms. The topological polar surface area (TPSA) is 20.3 Å². The van der Waals surface area contributed by atoms with Crippen LogP contribution < -0.4 is 0 Å². The van der Waals surface area contributed by atoms with Gasteiger partial charge in [-0.2, -0.15) is 0 Å². The van der Waals surface area contributed by atoms with Crippen molar-refractivity contribution in [3.05, 3.63) is 35.4 Å². The second kappa shape index (κ2) is 5.67. The van der Waals surface area contributed by atoms with Crippen LogP contribution in [0.2, 0.25) is 0 Å². The highest BCUT2D eigenvalue weighted by Crippen LogP contribution is 2.20. The van der Waals surface area contributed by atoms with Crippen LogP contribution in [0, 0.1) is 0 Å². The van der Waals surface area contributed by atoms with Crippen molar-refractivity contribution in [3.63, 3.8) is 0 Å². The number of aryl methyl sites for hydroxylation is 1. The fourth-order valence-electron chi connectivity index (χ4n) is 2.32. The van der Waals surface area contributed by atoms with Gasteiger partial charge in [0, 0.05) is 23.5 Å². The van der Waals surface area contributed by atoms with E-state index in [4.69, 9.17) is 0 Å². The summed E-state index contributed by atoms with van der Waals surface area (Å²) in [4.78, 5) is 14.9. The fraction of sp³-hybridized carbons (Fsp3) is 0.500. The number of carbonyl (C=O) groups excluding carboxylic acids is 1. The van der Waals surface area contributed by atoms with E-state index < -0.39 is 0 Å². The normalized spacial score (nSPS) is 20.4. The maximum absolute atomic E-state index is 12.4. The van der Waals surface area contributed by atoms with Gasteiger partial charge in [-0.1, -0.05) is 41.1 Å². The predicted molar refractivity (Wildman–Crippen MR) is 73.7 cm³/mol. The fourth-order valence-corrected chi connectivity index (χ4v) is 2.99. The summed E-state index contributed by atoms with van der Waals surface area (Å²) in [6.45, 7) is 3.81. The van der Waals surface area contributed by atoms with Crippen molar-refractivity contribution >= 4 is 21.8 Å². The van der Waals surface area contributed by atoms with E-state index in [1.807, 2.05) is 29.2 Å². The van der Waals surface area contributed by atoms with E-state index in [0.717, 1.165) is 37.1 Å². The van der Waals surface area contributed by atoms with E-state index in [2.05, 4.69) is 22.9 Å². The largest absolute Gasteiger partial charge is 0.338 e. The standard InChI is InChI=1S/C14H18BrNO/c1-2-11-6-3-4-8-13(11)14(17)16-9-5-7-12(15)10-16/h3-4,6,8,12H,2,5,7,9-10H2,1H3. The van der Waals surface area contributed by atoms with Crippen molar-refractivity contribution in [1.29, 1.82) is 0 Å². The van der Waals surface area contributed by atoms with E-state index in [1.54, 1.807) is 0 Å². The summed E-state index contributed by atoms with van der Waals surface area (Å²) < 4.78 is 0. The second-order valence-corrected chi connectivity index (χ2v) is 5.80. The van der Waals surface area contributed by atoms with Gasteiger partial charge < -0.3 is 4.90 Å². The molecule has 1 aliphatic rings. The molecule has 0 saturated carbocycles. The lowest BCUT2D eigenvalue weighted by Gasteiger charge is -2.30. The van der Waals surface area contributed by atoms with E-state index in [0.29, 0.717) is 4.83 Å². The number of alkyl halides is 1. The SMILES string of the molecule is CCc1ccccc1C(=O)N1CCCC(Br)C1. The first-order valence-corrected chi connectivity index (χ1v) is 7.15. The molecule has 2 rings (SSSR count). The number of halogens is 1. The summed E-state index contributed by atoms with van der Waals surface area (Å²) in [5.41, 5.74) is 2.02. The minimum Gasteiger partial charge on any atom is -0.338 e. The molecule has 1 saturated heterocycles. The molecular weight excluding hydrogens is 278 g/mol. The lowest BCUT2D eigenvalue weighted by molar-refractivity contribution is 0.0729. The van der Waals surface area contributed by atoms with Crippen molar-refractivity contribution in [2.24, 2.45) is 0 Å². The van der Waals surface area contributed by atoms with E-state index in [1.165, 1.54) is 6.42 Å². The molecule has 1 aromatic rings. The predicted octanol–water partition coefficient (Wildman–Crippen LogP) is 3.25. The Morgan fingerprint density at radius 1 is 1.47 bits per heavy atom. The maximum Gasteiger partial charge on any atom is 0.254 e. The average Bonchev–Trinajstić information content (AvgIpc) is 2.38. The van der Waals surface area contributed by atoms with Gasteiger partial charge >= 0.3 is 0 Å². The van der Waals surface area contributed by atoms with Gasteiger partial charge in [0.15, 0.2) is 0 Å². The molecule has 3 heteroatoms. The van der Waals surface area contributed by atoms with Gasteiger partial charge in [-0.25, -0.2) is 0 Å². The molecule has 1 atom stereocenters. The quantitative estimate of drug-likeness (QED) is 0.767. The van der Waals surface area contributed by atoms with Gasteiger partial charge in [0.25, 0.3) is 5.91 Å². The average molecular weight is 296 g/mol. The van der Waals surface area contributed by atoms with Crippen molar-refractivity contribution in [1.82, 2.24) is 4.90 Å². The minimum atomic E-state index is 0.187. The minimum absolute atomic E-state index is 0.187.